The van der Waals surface area contributed by atoms with E-state index >= 15 is 0 Å². The summed E-state index contributed by atoms with van der Waals surface area (Å²) in [5.41, 5.74) is 2.43. The largest absolute Gasteiger partial charge is 0.345 e. The molecule has 1 aliphatic rings. The zero-order chi connectivity index (χ0) is 19.4. The third-order valence-corrected chi connectivity index (χ3v) is 5.23. The van der Waals surface area contributed by atoms with Crippen LogP contribution in [0.15, 0.2) is 53.0 Å². The predicted molar refractivity (Wildman–Crippen MR) is 106 cm³/mol. The van der Waals surface area contributed by atoms with Gasteiger partial charge in [0, 0.05) is 22.9 Å². The van der Waals surface area contributed by atoms with Crippen LogP contribution in [0.5, 0.6) is 0 Å². The zero-order valence-electron chi connectivity index (χ0n) is 15.1. The van der Waals surface area contributed by atoms with E-state index in [4.69, 9.17) is 0 Å². The van der Waals surface area contributed by atoms with Crippen LogP contribution in [0.3, 0.4) is 0 Å². The minimum atomic E-state index is -0.148. The molecule has 5 nitrogen and oxygen atoms in total. The molecule has 0 aromatic heterocycles. The van der Waals surface area contributed by atoms with Gasteiger partial charge in [0.1, 0.15) is 0 Å². The Balaban J connectivity index is 1.65. The summed E-state index contributed by atoms with van der Waals surface area (Å²) in [5.74, 6) is -0.422. The number of benzene rings is 2. The minimum absolute atomic E-state index is 0.0647. The lowest BCUT2D eigenvalue weighted by Crippen LogP contribution is -2.29. The third kappa shape index (κ3) is 4.63. The molecule has 2 aromatic carbocycles. The van der Waals surface area contributed by atoms with Gasteiger partial charge in [-0.3, -0.25) is 19.3 Å². The molecule has 1 atom stereocenters. The molecule has 2 aromatic rings. The first kappa shape index (κ1) is 19.3. The Morgan fingerprint density at radius 3 is 2.19 bits per heavy atom. The molecule has 140 valence electrons. The molecule has 1 unspecified atom stereocenters. The number of amides is 3. The second-order valence-electron chi connectivity index (χ2n) is 6.56. The first-order chi connectivity index (χ1) is 13.0. The molecule has 0 saturated carbocycles. The Labute approximate surface area is 166 Å². The summed E-state index contributed by atoms with van der Waals surface area (Å²) in [6.45, 7) is 2.29. The van der Waals surface area contributed by atoms with Crippen LogP contribution in [0.1, 0.15) is 53.7 Å². The number of likely N-dealkylation sites (tertiary alicyclic amines) is 1. The standard InChI is InChI=1S/C21H21BrN2O3/c1-2-18(15-7-9-17(22)10-8-15)23-21(27)16-5-3-14(4-6-16)13-24-19(25)11-12-20(24)26/h3-10,18H,2,11-13H2,1H3,(H,23,27). The van der Waals surface area contributed by atoms with Gasteiger partial charge >= 0.3 is 0 Å². The van der Waals surface area contributed by atoms with Crippen molar-refractivity contribution < 1.29 is 14.4 Å². The van der Waals surface area contributed by atoms with E-state index in [0.717, 1.165) is 22.0 Å². The molecule has 27 heavy (non-hydrogen) atoms. The quantitative estimate of drug-likeness (QED) is 0.707. The monoisotopic (exact) mass is 428 g/mol. The first-order valence-electron chi connectivity index (χ1n) is 8.96. The van der Waals surface area contributed by atoms with Gasteiger partial charge in [-0.15, -0.1) is 0 Å². The lowest BCUT2D eigenvalue weighted by molar-refractivity contribution is -0.139. The van der Waals surface area contributed by atoms with E-state index in [-0.39, 0.29) is 43.1 Å². The topological polar surface area (TPSA) is 66.5 Å². The summed E-state index contributed by atoms with van der Waals surface area (Å²) < 4.78 is 0.998. The summed E-state index contributed by atoms with van der Waals surface area (Å²) in [4.78, 5) is 37.3. The molecule has 0 aliphatic carbocycles. The number of imide groups is 1. The van der Waals surface area contributed by atoms with E-state index in [1.165, 1.54) is 4.90 Å². The van der Waals surface area contributed by atoms with Crippen molar-refractivity contribution in [2.75, 3.05) is 0 Å². The second kappa shape index (κ2) is 8.48. The number of carbonyl (C=O) groups is 3. The smallest absolute Gasteiger partial charge is 0.251 e. The van der Waals surface area contributed by atoms with Crippen molar-refractivity contribution in [2.45, 2.75) is 38.8 Å². The SMILES string of the molecule is CCC(NC(=O)c1ccc(CN2C(=O)CCC2=O)cc1)c1ccc(Br)cc1. The number of hydrogen-bond donors (Lipinski definition) is 1. The maximum atomic E-state index is 12.6. The van der Waals surface area contributed by atoms with E-state index < -0.39 is 0 Å². The van der Waals surface area contributed by atoms with Gasteiger partial charge in [-0.1, -0.05) is 47.1 Å². The average molecular weight is 429 g/mol. The average Bonchev–Trinajstić information content (AvgIpc) is 2.99. The van der Waals surface area contributed by atoms with Crippen LogP contribution in [-0.2, 0) is 16.1 Å². The normalized spacial score (nSPS) is 15.1. The summed E-state index contributed by atoms with van der Waals surface area (Å²) >= 11 is 3.42. The van der Waals surface area contributed by atoms with Crippen LogP contribution in [0.2, 0.25) is 0 Å². The van der Waals surface area contributed by atoms with Crippen LogP contribution in [0.4, 0.5) is 0 Å². The van der Waals surface area contributed by atoms with E-state index in [9.17, 15) is 14.4 Å². The van der Waals surface area contributed by atoms with Gasteiger partial charge in [-0.2, -0.15) is 0 Å². The fraction of sp³-hybridized carbons (Fsp3) is 0.286. The van der Waals surface area contributed by atoms with Gasteiger partial charge in [-0.25, -0.2) is 0 Å². The Bertz CT molecular complexity index is 831. The van der Waals surface area contributed by atoms with Gasteiger partial charge in [0.25, 0.3) is 5.91 Å². The van der Waals surface area contributed by atoms with Crippen molar-refractivity contribution >= 4 is 33.7 Å². The maximum absolute atomic E-state index is 12.6. The van der Waals surface area contributed by atoms with Gasteiger partial charge in [-0.05, 0) is 41.8 Å². The van der Waals surface area contributed by atoms with Crippen LogP contribution in [0.25, 0.3) is 0 Å². The van der Waals surface area contributed by atoms with Crippen molar-refractivity contribution in [2.24, 2.45) is 0 Å². The molecule has 1 N–H and O–H groups in total. The molecular formula is C21H21BrN2O3. The van der Waals surface area contributed by atoms with E-state index in [1.54, 1.807) is 24.3 Å². The summed E-state index contributed by atoms with van der Waals surface area (Å²) in [6, 6.07) is 14.9. The van der Waals surface area contributed by atoms with E-state index in [2.05, 4.69) is 21.2 Å². The van der Waals surface area contributed by atoms with Crippen molar-refractivity contribution in [1.82, 2.24) is 10.2 Å². The third-order valence-electron chi connectivity index (χ3n) is 4.70. The Morgan fingerprint density at radius 1 is 1.04 bits per heavy atom. The number of halogens is 1. The molecule has 1 heterocycles. The van der Waals surface area contributed by atoms with Gasteiger partial charge < -0.3 is 5.32 Å². The molecular weight excluding hydrogens is 408 g/mol. The molecule has 1 fully saturated rings. The van der Waals surface area contributed by atoms with E-state index in [1.807, 2.05) is 31.2 Å². The fourth-order valence-electron chi connectivity index (χ4n) is 3.10. The Kier molecular flexibility index (Phi) is 6.06. The van der Waals surface area contributed by atoms with Crippen LogP contribution in [0, 0.1) is 0 Å². The van der Waals surface area contributed by atoms with E-state index in [0.29, 0.717) is 5.56 Å². The highest BCUT2D eigenvalue weighted by Gasteiger charge is 2.28. The molecule has 3 rings (SSSR count). The number of nitrogens with zero attached hydrogens (tertiary/aromatic N) is 1. The van der Waals surface area contributed by atoms with Crippen molar-refractivity contribution in [3.63, 3.8) is 0 Å². The van der Waals surface area contributed by atoms with Crippen LogP contribution >= 0.6 is 15.9 Å². The van der Waals surface area contributed by atoms with Crippen molar-refractivity contribution in [3.05, 3.63) is 69.7 Å². The summed E-state index contributed by atoms with van der Waals surface area (Å²) in [6.07, 6.45) is 1.35. The second-order valence-corrected chi connectivity index (χ2v) is 7.47. The molecule has 0 bridgehead atoms. The Morgan fingerprint density at radius 2 is 1.63 bits per heavy atom. The minimum Gasteiger partial charge on any atom is -0.345 e. The summed E-state index contributed by atoms with van der Waals surface area (Å²) in [5, 5.41) is 3.05. The highest BCUT2D eigenvalue weighted by Crippen LogP contribution is 2.20. The van der Waals surface area contributed by atoms with Crippen LogP contribution in [-0.4, -0.2) is 22.6 Å². The van der Waals surface area contributed by atoms with Crippen LogP contribution < -0.4 is 5.32 Å². The highest BCUT2D eigenvalue weighted by atomic mass is 79.9. The zero-order valence-corrected chi connectivity index (χ0v) is 16.7. The lowest BCUT2D eigenvalue weighted by Gasteiger charge is -2.18. The molecule has 0 spiro atoms. The van der Waals surface area contributed by atoms with Gasteiger partial charge in [0.05, 0.1) is 12.6 Å². The first-order valence-corrected chi connectivity index (χ1v) is 9.75. The number of hydrogen-bond acceptors (Lipinski definition) is 3. The van der Waals surface area contributed by atoms with Crippen molar-refractivity contribution in [3.8, 4) is 0 Å². The van der Waals surface area contributed by atoms with Gasteiger partial charge in [0.2, 0.25) is 11.8 Å². The predicted octanol–water partition coefficient (Wildman–Crippen LogP) is 3.98. The molecule has 1 saturated heterocycles. The number of nitrogens with one attached hydrogen (secondary N) is 1. The number of carbonyl (C=O) groups excluding carboxylic acids is 3. The highest BCUT2D eigenvalue weighted by molar-refractivity contribution is 9.10. The molecule has 3 amide bonds. The number of rotatable bonds is 6. The summed E-state index contributed by atoms with van der Waals surface area (Å²) in [7, 11) is 0. The van der Waals surface area contributed by atoms with Gasteiger partial charge in [0.15, 0.2) is 0 Å². The fourth-order valence-corrected chi connectivity index (χ4v) is 3.37. The maximum Gasteiger partial charge on any atom is 0.251 e. The molecule has 1 aliphatic heterocycles. The molecule has 6 heteroatoms. The van der Waals surface area contributed by atoms with Crippen molar-refractivity contribution in [1.29, 1.82) is 0 Å². The lowest BCUT2D eigenvalue weighted by atomic mass is 10.0. The Hall–Kier alpha value is -2.47. The molecule has 0 radical (unpaired) electrons.